The lowest BCUT2D eigenvalue weighted by atomic mass is 9.55. The molecule has 0 unspecified atom stereocenters. The van der Waals surface area contributed by atoms with Crippen molar-refractivity contribution in [1.29, 1.82) is 0 Å². The van der Waals surface area contributed by atoms with Gasteiger partial charge in [-0.25, -0.2) is 0 Å². The third kappa shape index (κ3) is 5.12. The van der Waals surface area contributed by atoms with Crippen LogP contribution in [0.1, 0.15) is 25.0 Å². The van der Waals surface area contributed by atoms with Crippen molar-refractivity contribution in [2.45, 2.75) is 19.3 Å². The van der Waals surface area contributed by atoms with Crippen LogP contribution in [0.2, 0.25) is 0 Å². The summed E-state index contributed by atoms with van der Waals surface area (Å²) in [4.78, 5) is 2.57. The van der Waals surface area contributed by atoms with Crippen molar-refractivity contribution in [3.63, 3.8) is 0 Å². The monoisotopic (exact) mass is 713 g/mol. The minimum Gasteiger partial charge on any atom is -0.355 e. The zero-order valence-electron chi connectivity index (χ0n) is 31.4. The third-order valence-electron chi connectivity index (χ3n) is 12.0. The molecule has 3 heteroatoms. The molecule has 0 amide bonds. The second kappa shape index (κ2) is 12.6. The van der Waals surface area contributed by atoms with Crippen molar-refractivity contribution < 1.29 is 0 Å². The number of benzene rings is 9. The van der Waals surface area contributed by atoms with Crippen molar-refractivity contribution in [3.8, 4) is 33.4 Å². The maximum absolute atomic E-state index is 3.92. The Kier molecular flexibility index (Phi) is 7.34. The normalized spacial score (nSPS) is 13.4. The Morgan fingerprint density at radius 2 is 1.11 bits per heavy atom. The quantitative estimate of drug-likeness (QED) is 0.179. The van der Waals surface area contributed by atoms with Crippen LogP contribution in [0, 0.1) is 0 Å². The number of fused-ring (bicyclic) bond motifs is 6. The first-order valence-electron chi connectivity index (χ1n) is 19.5. The Morgan fingerprint density at radius 3 is 1.88 bits per heavy atom. The van der Waals surface area contributed by atoms with E-state index in [9.17, 15) is 0 Å². The topological polar surface area (TPSA) is 15.3 Å². The summed E-state index contributed by atoms with van der Waals surface area (Å²) in [5.74, 6) is 0. The van der Waals surface area contributed by atoms with Crippen LogP contribution in [0.25, 0.3) is 54.9 Å². The Morgan fingerprint density at radius 1 is 0.482 bits per heavy atom. The summed E-state index contributed by atoms with van der Waals surface area (Å²) in [5.41, 5.74) is 18.0. The molecule has 56 heavy (non-hydrogen) atoms. The molecule has 0 aromatic heterocycles. The summed E-state index contributed by atoms with van der Waals surface area (Å²) in [6.45, 7) is 4.77. The van der Waals surface area contributed by atoms with Gasteiger partial charge in [-0.1, -0.05) is 165 Å². The molecule has 1 N–H and O–H groups in total. The minimum absolute atomic E-state index is 0.179. The van der Waals surface area contributed by atoms with Crippen LogP contribution in [-0.4, -0.2) is 7.28 Å². The lowest BCUT2D eigenvalue weighted by Gasteiger charge is -2.46. The van der Waals surface area contributed by atoms with E-state index >= 15 is 0 Å². The number of hydrogen-bond donors (Lipinski definition) is 1. The fourth-order valence-corrected chi connectivity index (χ4v) is 9.22. The van der Waals surface area contributed by atoms with E-state index in [2.05, 4.69) is 219 Å². The fraction of sp³-hybridized carbons (Fsp3) is 0.0566. The van der Waals surface area contributed by atoms with E-state index in [0.717, 1.165) is 16.9 Å². The minimum atomic E-state index is -0.179. The van der Waals surface area contributed by atoms with Gasteiger partial charge < -0.3 is 10.2 Å². The van der Waals surface area contributed by atoms with Crippen molar-refractivity contribution >= 4 is 68.2 Å². The Bertz CT molecular complexity index is 3000. The molecular formula is C53H38BN2. The zero-order valence-corrected chi connectivity index (χ0v) is 31.4. The van der Waals surface area contributed by atoms with Gasteiger partial charge in [-0.15, -0.1) is 0 Å². The average Bonchev–Trinajstić information content (AvgIpc) is 3.25. The Balaban J connectivity index is 1.18. The van der Waals surface area contributed by atoms with Gasteiger partial charge in [-0.05, 0) is 108 Å². The van der Waals surface area contributed by atoms with E-state index in [1.807, 2.05) is 0 Å². The Labute approximate surface area is 329 Å². The highest BCUT2D eigenvalue weighted by molar-refractivity contribution is 6.74. The SMILES string of the molecule is CC1(C)c2cc3ccccc3cc2N2c3cc4ccccc4c(-c4cc(-c5ccccc5)ccc4Nc4cccc(-c5ccccc5)c4)c3[B]c3cccc1c32. The van der Waals surface area contributed by atoms with Gasteiger partial charge in [0.05, 0.1) is 5.69 Å². The maximum atomic E-state index is 3.92. The molecular weight excluding hydrogens is 675 g/mol. The summed E-state index contributed by atoms with van der Waals surface area (Å²) in [6.07, 6.45) is 0. The molecule has 0 saturated carbocycles. The summed E-state index contributed by atoms with van der Waals surface area (Å²) in [6, 6.07) is 68.8. The molecule has 11 rings (SSSR count). The van der Waals surface area contributed by atoms with E-state index in [0.29, 0.717) is 0 Å². The predicted octanol–water partition coefficient (Wildman–Crippen LogP) is 12.8. The molecule has 0 bridgehead atoms. The van der Waals surface area contributed by atoms with Crippen molar-refractivity contribution in [2.75, 3.05) is 10.2 Å². The first-order valence-corrected chi connectivity index (χ1v) is 19.5. The van der Waals surface area contributed by atoms with Crippen LogP contribution < -0.4 is 21.1 Å². The highest BCUT2D eigenvalue weighted by atomic mass is 15.2. The largest absolute Gasteiger partial charge is 0.355 e. The third-order valence-corrected chi connectivity index (χ3v) is 12.0. The van der Waals surface area contributed by atoms with Crippen LogP contribution >= 0.6 is 0 Å². The number of nitrogens with zero attached hydrogens (tertiary/aromatic N) is 1. The molecule has 263 valence electrons. The molecule has 0 spiro atoms. The van der Waals surface area contributed by atoms with Gasteiger partial charge in [-0.2, -0.15) is 0 Å². The first kappa shape index (κ1) is 32.6. The van der Waals surface area contributed by atoms with Gasteiger partial charge in [0.1, 0.15) is 0 Å². The van der Waals surface area contributed by atoms with E-state index in [4.69, 9.17) is 0 Å². The fourth-order valence-electron chi connectivity index (χ4n) is 9.22. The van der Waals surface area contributed by atoms with Gasteiger partial charge in [0.25, 0.3) is 0 Å². The number of rotatable bonds is 5. The van der Waals surface area contributed by atoms with Crippen LogP contribution in [0.15, 0.2) is 188 Å². The smallest absolute Gasteiger partial charge is 0.197 e. The summed E-state index contributed by atoms with van der Waals surface area (Å²) in [7, 11) is 2.45. The number of para-hydroxylation sites is 1. The standard InChI is InChI=1S/C53H38BN2/c1-53(2)44-25-14-26-46-52(44)56(48-32-38-20-10-9-19-37(38)31-45(48)53)49-33-40-21-11-12-24-42(40)50(51(49)54-46)43-30-39(35-17-7-4-8-18-35)27-28-47(43)55-41-23-13-22-36(29-41)34-15-5-3-6-16-34/h3-33,55H,1-2H3. The van der Waals surface area contributed by atoms with Gasteiger partial charge in [0.15, 0.2) is 7.28 Å². The van der Waals surface area contributed by atoms with E-state index in [1.165, 1.54) is 88.5 Å². The molecule has 2 aliphatic rings. The average molecular weight is 714 g/mol. The highest BCUT2D eigenvalue weighted by Gasteiger charge is 2.41. The second-order valence-corrected chi connectivity index (χ2v) is 15.7. The van der Waals surface area contributed by atoms with Crippen LogP contribution in [0.5, 0.6) is 0 Å². The molecule has 1 radical (unpaired) electrons. The molecule has 0 atom stereocenters. The molecule has 2 nitrogen and oxygen atoms in total. The Hall–Kier alpha value is -6.84. The van der Waals surface area contributed by atoms with E-state index < -0.39 is 0 Å². The number of hydrogen-bond acceptors (Lipinski definition) is 2. The number of nitrogens with one attached hydrogen (secondary N) is 1. The summed E-state index contributed by atoms with van der Waals surface area (Å²) < 4.78 is 0. The molecule has 9 aromatic carbocycles. The first-order chi connectivity index (χ1) is 27.5. The van der Waals surface area contributed by atoms with Crippen LogP contribution in [0.4, 0.5) is 28.4 Å². The molecule has 9 aromatic rings. The van der Waals surface area contributed by atoms with E-state index in [1.54, 1.807) is 0 Å². The second-order valence-electron chi connectivity index (χ2n) is 15.7. The number of anilines is 5. The molecule has 0 aliphatic carbocycles. The van der Waals surface area contributed by atoms with Gasteiger partial charge in [-0.3, -0.25) is 0 Å². The van der Waals surface area contributed by atoms with Crippen LogP contribution in [0.3, 0.4) is 0 Å². The molecule has 2 heterocycles. The maximum Gasteiger partial charge on any atom is 0.197 e. The molecule has 0 fully saturated rings. The zero-order chi connectivity index (χ0) is 37.4. The van der Waals surface area contributed by atoms with Gasteiger partial charge in [0, 0.05) is 33.7 Å². The van der Waals surface area contributed by atoms with Crippen molar-refractivity contribution in [3.05, 3.63) is 199 Å². The lowest BCUT2D eigenvalue weighted by Crippen LogP contribution is -2.45. The molecule has 0 saturated heterocycles. The predicted molar refractivity (Wildman–Crippen MR) is 239 cm³/mol. The summed E-state index contributed by atoms with van der Waals surface area (Å²) in [5, 5.41) is 8.87. The van der Waals surface area contributed by atoms with Gasteiger partial charge in [0.2, 0.25) is 0 Å². The summed E-state index contributed by atoms with van der Waals surface area (Å²) >= 11 is 0. The van der Waals surface area contributed by atoms with E-state index in [-0.39, 0.29) is 5.41 Å². The van der Waals surface area contributed by atoms with Crippen molar-refractivity contribution in [1.82, 2.24) is 0 Å². The van der Waals surface area contributed by atoms with Gasteiger partial charge >= 0.3 is 0 Å². The lowest BCUT2D eigenvalue weighted by molar-refractivity contribution is 0.633. The van der Waals surface area contributed by atoms with Crippen LogP contribution in [-0.2, 0) is 5.41 Å². The van der Waals surface area contributed by atoms with Crippen molar-refractivity contribution in [2.24, 2.45) is 0 Å². The highest BCUT2D eigenvalue weighted by Crippen LogP contribution is 2.54. The molecule has 2 aliphatic heterocycles.